The van der Waals surface area contributed by atoms with E-state index >= 15 is 0 Å². The number of rotatable bonds is 4. The van der Waals surface area contributed by atoms with Gasteiger partial charge in [0.2, 0.25) is 0 Å². The van der Waals surface area contributed by atoms with E-state index in [9.17, 15) is 4.79 Å². The zero-order valence-corrected chi connectivity index (χ0v) is 6.66. The van der Waals surface area contributed by atoms with Crippen LogP contribution in [0.1, 0.15) is 28.2 Å². The molecule has 0 aliphatic rings. The highest BCUT2D eigenvalue weighted by Gasteiger charge is 1.94. The molecule has 0 bridgehead atoms. The van der Waals surface area contributed by atoms with Crippen LogP contribution in [-0.2, 0) is 9.53 Å². The summed E-state index contributed by atoms with van der Waals surface area (Å²) in [7, 11) is 0. The highest BCUT2D eigenvalue weighted by molar-refractivity contribution is 7.98. The second kappa shape index (κ2) is 12.5. The maximum absolute atomic E-state index is 10.5. The smallest absolute Gasteiger partial charge is 0.305 e. The third-order valence-corrected chi connectivity index (χ3v) is 1.41. The molecular formula is C8H20O2S. The van der Waals surface area contributed by atoms with Gasteiger partial charge in [0.1, 0.15) is 6.61 Å². The monoisotopic (exact) mass is 180 g/mol. The first kappa shape index (κ1) is 17.1. The van der Waals surface area contributed by atoms with Crippen molar-refractivity contribution in [1.29, 1.82) is 0 Å². The van der Waals surface area contributed by atoms with Gasteiger partial charge in [-0.05, 0) is 6.26 Å². The lowest BCUT2D eigenvalue weighted by Crippen LogP contribution is -2.04. The van der Waals surface area contributed by atoms with Gasteiger partial charge in [-0.1, -0.05) is 21.8 Å². The lowest BCUT2D eigenvalue weighted by atomic mass is 10.5. The third kappa shape index (κ3) is 12.9. The van der Waals surface area contributed by atoms with Crippen molar-refractivity contribution in [1.82, 2.24) is 0 Å². The van der Waals surface area contributed by atoms with Crippen molar-refractivity contribution in [2.24, 2.45) is 0 Å². The van der Waals surface area contributed by atoms with Gasteiger partial charge in [-0.25, -0.2) is 0 Å². The molecule has 0 saturated heterocycles. The zero-order valence-electron chi connectivity index (χ0n) is 5.85. The molecule has 11 heavy (non-hydrogen) atoms. The molecular weight excluding hydrogens is 160 g/mol. The second-order valence-electron chi connectivity index (χ2n) is 1.57. The molecule has 0 rings (SSSR count). The minimum absolute atomic E-state index is 0. The molecule has 0 aliphatic heterocycles. The number of carbonyl (C=O) groups is 1. The van der Waals surface area contributed by atoms with Gasteiger partial charge in [-0.15, -0.1) is 0 Å². The van der Waals surface area contributed by atoms with Crippen molar-refractivity contribution in [2.45, 2.75) is 28.2 Å². The molecule has 0 atom stereocenters. The van der Waals surface area contributed by atoms with E-state index in [4.69, 9.17) is 4.74 Å². The summed E-state index contributed by atoms with van der Waals surface area (Å²) in [6.45, 7) is 2.34. The predicted molar refractivity (Wildman–Crippen MR) is 53.1 cm³/mol. The zero-order chi connectivity index (χ0) is 7.11. The highest BCUT2D eigenvalue weighted by atomic mass is 32.2. The van der Waals surface area contributed by atoms with Crippen molar-refractivity contribution < 1.29 is 9.53 Å². The van der Waals surface area contributed by atoms with Gasteiger partial charge >= 0.3 is 5.97 Å². The molecule has 0 amide bonds. The van der Waals surface area contributed by atoms with E-state index in [0.29, 0.717) is 13.0 Å². The molecule has 0 aromatic heterocycles. The molecule has 0 saturated carbocycles. The summed E-state index contributed by atoms with van der Waals surface area (Å²) in [5.74, 6) is 0.787. The quantitative estimate of drug-likeness (QED) is 0.491. The van der Waals surface area contributed by atoms with Gasteiger partial charge in [-0.3, -0.25) is 4.79 Å². The Morgan fingerprint density at radius 3 is 2.36 bits per heavy atom. The number of thioether (sulfide) groups is 1. The van der Waals surface area contributed by atoms with Gasteiger partial charge in [0, 0.05) is 12.2 Å². The molecule has 3 heteroatoms. The lowest BCUT2D eigenvalue weighted by molar-refractivity contribution is -0.142. The Morgan fingerprint density at radius 1 is 1.45 bits per heavy atom. The van der Waals surface area contributed by atoms with Crippen molar-refractivity contribution in [3.63, 3.8) is 0 Å². The van der Waals surface area contributed by atoms with Crippen LogP contribution in [0.25, 0.3) is 0 Å². The number of hydrogen-bond acceptors (Lipinski definition) is 3. The summed E-state index contributed by atoms with van der Waals surface area (Å²) in [6.07, 6.45) is 2.47. The second-order valence-corrected chi connectivity index (χ2v) is 2.55. The van der Waals surface area contributed by atoms with Crippen LogP contribution in [0.3, 0.4) is 0 Å². The van der Waals surface area contributed by atoms with E-state index < -0.39 is 0 Å². The summed E-state index contributed by atoms with van der Waals surface area (Å²) in [6, 6.07) is 0. The van der Waals surface area contributed by atoms with Crippen molar-refractivity contribution in [3.05, 3.63) is 0 Å². The molecule has 2 nitrogen and oxygen atoms in total. The standard InChI is InChI=1S/C6H12O2S.2CH4/c1-3-6(7)8-4-5-9-2;;/h3-5H2,1-2H3;2*1H4. The Bertz CT molecular complexity index is 84.2. The Kier molecular flexibility index (Phi) is 19.4. The van der Waals surface area contributed by atoms with Gasteiger partial charge in [0.15, 0.2) is 0 Å². The summed E-state index contributed by atoms with van der Waals surface area (Å²) in [5, 5.41) is 0. The van der Waals surface area contributed by atoms with Crippen LogP contribution in [0.15, 0.2) is 0 Å². The molecule has 0 N–H and O–H groups in total. The highest BCUT2D eigenvalue weighted by Crippen LogP contribution is 1.91. The van der Waals surface area contributed by atoms with E-state index in [1.807, 2.05) is 6.26 Å². The Hall–Kier alpha value is -0.180. The molecule has 70 valence electrons. The molecule has 0 aromatic carbocycles. The first-order chi connectivity index (χ1) is 4.31. The summed E-state index contributed by atoms with van der Waals surface area (Å²) in [5.41, 5.74) is 0. The fourth-order valence-electron chi connectivity index (χ4n) is 0.341. The fourth-order valence-corrected chi connectivity index (χ4v) is 0.591. The molecule has 0 unspecified atom stereocenters. The minimum Gasteiger partial charge on any atom is -0.465 e. The van der Waals surface area contributed by atoms with Crippen LogP contribution in [0.5, 0.6) is 0 Å². The van der Waals surface area contributed by atoms with Crippen LogP contribution in [0.4, 0.5) is 0 Å². The third-order valence-electron chi connectivity index (χ3n) is 0.839. The van der Waals surface area contributed by atoms with Crippen molar-refractivity contribution >= 4 is 17.7 Å². The SMILES string of the molecule is C.C.CCC(=O)OCCSC. The normalized spacial score (nSPS) is 7.45. The predicted octanol–water partition coefficient (Wildman–Crippen LogP) is 2.57. The largest absolute Gasteiger partial charge is 0.465 e. The van der Waals surface area contributed by atoms with Gasteiger partial charge in [0.25, 0.3) is 0 Å². The summed E-state index contributed by atoms with van der Waals surface area (Å²) < 4.78 is 4.77. The molecule has 0 fully saturated rings. The maximum atomic E-state index is 10.5. The van der Waals surface area contributed by atoms with Gasteiger partial charge in [0.05, 0.1) is 0 Å². The number of esters is 1. The van der Waals surface area contributed by atoms with Gasteiger partial charge < -0.3 is 4.74 Å². The first-order valence-corrected chi connectivity index (χ1v) is 4.35. The Balaban J connectivity index is -0.000000320. The van der Waals surface area contributed by atoms with Crippen LogP contribution >= 0.6 is 11.8 Å². The van der Waals surface area contributed by atoms with Crippen LogP contribution in [-0.4, -0.2) is 24.6 Å². The average molecular weight is 180 g/mol. The van der Waals surface area contributed by atoms with E-state index in [-0.39, 0.29) is 20.8 Å². The fraction of sp³-hybridized carbons (Fsp3) is 0.875. The maximum Gasteiger partial charge on any atom is 0.305 e. The molecule has 0 spiro atoms. The molecule has 0 heterocycles. The van der Waals surface area contributed by atoms with Crippen LogP contribution in [0, 0.1) is 0 Å². The Labute approximate surface area is 74.7 Å². The average Bonchev–Trinajstić information content (AvgIpc) is 1.89. The van der Waals surface area contributed by atoms with Crippen molar-refractivity contribution in [2.75, 3.05) is 18.6 Å². The number of carbonyl (C=O) groups excluding carboxylic acids is 1. The summed E-state index contributed by atoms with van der Waals surface area (Å²) >= 11 is 1.68. The minimum atomic E-state index is -0.107. The van der Waals surface area contributed by atoms with E-state index in [2.05, 4.69) is 0 Å². The van der Waals surface area contributed by atoms with E-state index in [0.717, 1.165) is 5.75 Å². The van der Waals surface area contributed by atoms with Crippen LogP contribution < -0.4 is 0 Å². The molecule has 0 radical (unpaired) electrons. The van der Waals surface area contributed by atoms with Crippen LogP contribution in [0.2, 0.25) is 0 Å². The van der Waals surface area contributed by atoms with E-state index in [1.54, 1.807) is 18.7 Å². The lowest BCUT2D eigenvalue weighted by Gasteiger charge is -1.99. The molecule has 0 aliphatic carbocycles. The van der Waals surface area contributed by atoms with Crippen molar-refractivity contribution in [3.8, 4) is 0 Å². The first-order valence-electron chi connectivity index (χ1n) is 2.95. The Morgan fingerprint density at radius 2 is 2.00 bits per heavy atom. The van der Waals surface area contributed by atoms with E-state index in [1.165, 1.54) is 0 Å². The number of ether oxygens (including phenoxy) is 1. The number of hydrogen-bond donors (Lipinski definition) is 0. The summed E-state index contributed by atoms with van der Waals surface area (Å²) in [4.78, 5) is 10.5. The molecule has 0 aromatic rings. The topological polar surface area (TPSA) is 26.3 Å². The van der Waals surface area contributed by atoms with Gasteiger partial charge in [-0.2, -0.15) is 11.8 Å².